The van der Waals surface area contributed by atoms with Crippen LogP contribution >= 0.6 is 0 Å². The van der Waals surface area contributed by atoms with Gasteiger partial charge in [-0.1, -0.05) is 97.1 Å². The summed E-state index contributed by atoms with van der Waals surface area (Å²) in [5.41, 5.74) is 5.26. The van der Waals surface area contributed by atoms with Gasteiger partial charge in [0, 0.05) is 23.9 Å². The fourth-order valence-electron chi connectivity index (χ4n) is 4.19. The van der Waals surface area contributed by atoms with Crippen LogP contribution in [0.25, 0.3) is 21.8 Å². The van der Waals surface area contributed by atoms with Gasteiger partial charge in [-0.25, -0.2) is 0 Å². The van der Waals surface area contributed by atoms with E-state index in [2.05, 4.69) is 119 Å². The molecule has 0 saturated carbocycles. The van der Waals surface area contributed by atoms with Crippen LogP contribution in [-0.2, 0) is 19.8 Å². The summed E-state index contributed by atoms with van der Waals surface area (Å²) in [4.78, 5) is 2.52. The van der Waals surface area contributed by atoms with Crippen molar-refractivity contribution in [2.24, 2.45) is 0 Å². The van der Waals surface area contributed by atoms with Crippen LogP contribution < -0.4 is 0 Å². The first-order valence-electron chi connectivity index (χ1n) is 10.1. The third kappa shape index (κ3) is 3.67. The molecule has 0 amide bonds. The smallest absolute Gasteiger partial charge is 0.0762 e. The normalized spacial score (nSPS) is 11.5. The van der Waals surface area contributed by atoms with Crippen molar-refractivity contribution in [3.8, 4) is 0 Å². The Hall–Kier alpha value is -3.36. The molecule has 0 bridgehead atoms. The molecule has 29 heavy (non-hydrogen) atoms. The molecule has 1 aromatic heterocycles. The maximum Gasteiger partial charge on any atom is 0.0762 e. The molecule has 0 N–H and O–H groups in total. The van der Waals surface area contributed by atoms with E-state index in [1.807, 2.05) is 0 Å². The Morgan fingerprint density at radius 2 is 0.897 bits per heavy atom. The van der Waals surface area contributed by atoms with Crippen LogP contribution in [0.2, 0.25) is 0 Å². The van der Waals surface area contributed by atoms with Gasteiger partial charge in [-0.3, -0.25) is 4.90 Å². The predicted octanol–water partition coefficient (Wildman–Crippen LogP) is 6.45. The number of rotatable bonds is 6. The van der Waals surface area contributed by atoms with E-state index in [1.54, 1.807) is 0 Å². The van der Waals surface area contributed by atoms with E-state index in [4.69, 9.17) is 0 Å². The summed E-state index contributed by atoms with van der Waals surface area (Å²) < 4.78 is 2.45. The fraction of sp³-hybridized carbons (Fsp3) is 0.111. The zero-order chi connectivity index (χ0) is 19.5. The molecule has 0 aliphatic carbocycles. The Bertz CT molecular complexity index is 1130. The lowest BCUT2D eigenvalue weighted by Crippen LogP contribution is -2.25. The van der Waals surface area contributed by atoms with Gasteiger partial charge < -0.3 is 4.57 Å². The Labute approximate surface area is 171 Å². The molecule has 0 radical (unpaired) electrons. The van der Waals surface area contributed by atoms with Crippen molar-refractivity contribution in [3.63, 3.8) is 0 Å². The number of nitrogens with zero attached hydrogens (tertiary/aromatic N) is 2. The van der Waals surface area contributed by atoms with Gasteiger partial charge in [0.05, 0.1) is 17.7 Å². The lowest BCUT2D eigenvalue weighted by Gasteiger charge is -2.24. The van der Waals surface area contributed by atoms with Crippen LogP contribution in [0.5, 0.6) is 0 Å². The highest BCUT2D eigenvalue weighted by Gasteiger charge is 2.14. The molecule has 1 heterocycles. The molecule has 2 heteroatoms. The average Bonchev–Trinajstić information content (AvgIpc) is 3.09. The maximum absolute atomic E-state index is 2.52. The standard InChI is InChI=1S/C27H24N2/c1-3-11-22(12-4-1)19-28(20-23-13-5-2-6-14-23)21-29-26-17-9-7-15-24(26)25-16-8-10-18-27(25)29/h1-18H,19-21H2. The molecule has 5 aromatic rings. The van der Waals surface area contributed by atoms with Gasteiger partial charge in [0.1, 0.15) is 0 Å². The summed E-state index contributed by atoms with van der Waals surface area (Å²) >= 11 is 0. The lowest BCUT2D eigenvalue weighted by molar-refractivity contribution is 0.207. The van der Waals surface area contributed by atoms with Gasteiger partial charge in [0.25, 0.3) is 0 Å². The van der Waals surface area contributed by atoms with Gasteiger partial charge in [0.2, 0.25) is 0 Å². The highest BCUT2D eigenvalue weighted by atomic mass is 15.2. The van der Waals surface area contributed by atoms with E-state index in [1.165, 1.54) is 32.9 Å². The molecule has 5 rings (SSSR count). The summed E-state index contributed by atoms with van der Waals surface area (Å²) in [5.74, 6) is 0. The Balaban J connectivity index is 1.56. The van der Waals surface area contributed by atoms with E-state index < -0.39 is 0 Å². The fourth-order valence-corrected chi connectivity index (χ4v) is 4.19. The highest BCUT2D eigenvalue weighted by Crippen LogP contribution is 2.29. The quantitative estimate of drug-likeness (QED) is 0.330. The van der Waals surface area contributed by atoms with Crippen molar-refractivity contribution in [2.75, 3.05) is 0 Å². The third-order valence-corrected chi connectivity index (χ3v) is 5.52. The predicted molar refractivity (Wildman–Crippen MR) is 122 cm³/mol. The summed E-state index contributed by atoms with van der Waals surface area (Å²) in [7, 11) is 0. The van der Waals surface area contributed by atoms with Crippen molar-refractivity contribution >= 4 is 21.8 Å². The van der Waals surface area contributed by atoms with Crippen molar-refractivity contribution in [1.29, 1.82) is 0 Å². The first kappa shape index (κ1) is 17.7. The lowest BCUT2D eigenvalue weighted by atomic mass is 10.2. The van der Waals surface area contributed by atoms with Crippen molar-refractivity contribution < 1.29 is 0 Å². The second kappa shape index (κ2) is 7.94. The SMILES string of the molecule is c1ccc(CN(Cc2ccccc2)Cn2c3ccccc3c3ccccc32)cc1. The third-order valence-electron chi connectivity index (χ3n) is 5.52. The van der Waals surface area contributed by atoms with E-state index in [-0.39, 0.29) is 0 Å². The van der Waals surface area contributed by atoms with Crippen molar-refractivity contribution in [2.45, 2.75) is 19.8 Å². The van der Waals surface area contributed by atoms with Gasteiger partial charge in [-0.05, 0) is 23.3 Å². The number of hydrogen-bond donors (Lipinski definition) is 0. The zero-order valence-corrected chi connectivity index (χ0v) is 16.4. The highest BCUT2D eigenvalue weighted by molar-refractivity contribution is 6.07. The van der Waals surface area contributed by atoms with Crippen LogP contribution in [0.3, 0.4) is 0 Å². The zero-order valence-electron chi connectivity index (χ0n) is 16.4. The number of para-hydroxylation sites is 2. The molecule has 142 valence electrons. The summed E-state index contributed by atoms with van der Waals surface area (Å²) in [5, 5.41) is 2.64. The van der Waals surface area contributed by atoms with E-state index >= 15 is 0 Å². The minimum absolute atomic E-state index is 0.845. The largest absolute Gasteiger partial charge is 0.327 e. The number of benzene rings is 4. The minimum atomic E-state index is 0.845. The molecular weight excluding hydrogens is 352 g/mol. The molecule has 0 aliphatic rings. The molecule has 0 atom stereocenters. The molecule has 0 saturated heterocycles. The number of aromatic nitrogens is 1. The molecular formula is C27H24N2. The monoisotopic (exact) mass is 376 g/mol. The number of fused-ring (bicyclic) bond motifs is 3. The van der Waals surface area contributed by atoms with Gasteiger partial charge in [-0.2, -0.15) is 0 Å². The van der Waals surface area contributed by atoms with Crippen molar-refractivity contribution in [3.05, 3.63) is 120 Å². The first-order valence-corrected chi connectivity index (χ1v) is 10.1. The maximum atomic E-state index is 2.52. The molecule has 0 unspecified atom stereocenters. The van der Waals surface area contributed by atoms with Gasteiger partial charge in [-0.15, -0.1) is 0 Å². The minimum Gasteiger partial charge on any atom is -0.327 e. The average molecular weight is 377 g/mol. The Kier molecular flexibility index (Phi) is 4.85. The van der Waals surface area contributed by atoms with E-state index in [9.17, 15) is 0 Å². The van der Waals surface area contributed by atoms with E-state index in [0.717, 1.165) is 19.8 Å². The van der Waals surface area contributed by atoms with Crippen LogP contribution in [0.15, 0.2) is 109 Å². The van der Waals surface area contributed by atoms with E-state index in [0.29, 0.717) is 0 Å². The van der Waals surface area contributed by atoms with Crippen LogP contribution in [0, 0.1) is 0 Å². The second-order valence-electron chi connectivity index (χ2n) is 7.56. The second-order valence-corrected chi connectivity index (χ2v) is 7.56. The number of hydrogen-bond acceptors (Lipinski definition) is 1. The van der Waals surface area contributed by atoms with Crippen molar-refractivity contribution in [1.82, 2.24) is 9.47 Å². The summed E-state index contributed by atoms with van der Waals surface area (Å²) in [6, 6.07) is 39.0. The first-order chi connectivity index (χ1) is 14.4. The van der Waals surface area contributed by atoms with Gasteiger partial charge >= 0.3 is 0 Å². The molecule has 0 fully saturated rings. The van der Waals surface area contributed by atoms with Crippen LogP contribution in [-0.4, -0.2) is 9.47 Å². The summed E-state index contributed by atoms with van der Waals surface area (Å²) in [6.45, 7) is 2.67. The molecule has 4 aromatic carbocycles. The van der Waals surface area contributed by atoms with Gasteiger partial charge in [0.15, 0.2) is 0 Å². The molecule has 2 nitrogen and oxygen atoms in total. The Morgan fingerprint density at radius 3 is 1.38 bits per heavy atom. The summed E-state index contributed by atoms with van der Waals surface area (Å²) in [6.07, 6.45) is 0. The van der Waals surface area contributed by atoms with Crippen LogP contribution in [0.1, 0.15) is 11.1 Å². The topological polar surface area (TPSA) is 8.17 Å². The molecule has 0 aliphatic heterocycles. The Morgan fingerprint density at radius 1 is 0.483 bits per heavy atom. The molecule has 0 spiro atoms. The van der Waals surface area contributed by atoms with Crippen LogP contribution in [0.4, 0.5) is 0 Å².